The average molecular weight is 274 g/mol. The number of benzene rings is 1. The minimum atomic E-state index is 0.131. The van der Waals surface area contributed by atoms with Crippen LogP contribution in [0.25, 0.3) is 0 Å². The van der Waals surface area contributed by atoms with Gasteiger partial charge in [-0.1, -0.05) is 24.3 Å². The molecule has 1 atom stereocenters. The lowest BCUT2D eigenvalue weighted by Crippen LogP contribution is -2.23. The third-order valence-electron chi connectivity index (χ3n) is 3.44. The van der Waals surface area contributed by atoms with Gasteiger partial charge in [-0.05, 0) is 60.5 Å². The average Bonchev–Trinajstić information content (AvgIpc) is 2.89. The highest BCUT2D eigenvalue weighted by molar-refractivity contribution is 7.07. The molecule has 102 valence electrons. The molecule has 2 N–H and O–H groups in total. The van der Waals surface area contributed by atoms with Crippen molar-refractivity contribution in [2.75, 3.05) is 13.6 Å². The predicted molar refractivity (Wildman–Crippen MR) is 83.4 cm³/mol. The second-order valence-corrected chi connectivity index (χ2v) is 5.90. The summed E-state index contributed by atoms with van der Waals surface area (Å²) >= 11 is 1.75. The van der Waals surface area contributed by atoms with Crippen molar-refractivity contribution in [2.45, 2.75) is 25.9 Å². The van der Waals surface area contributed by atoms with Crippen molar-refractivity contribution in [3.8, 4) is 0 Å². The van der Waals surface area contributed by atoms with Gasteiger partial charge in [-0.2, -0.15) is 11.3 Å². The van der Waals surface area contributed by atoms with E-state index in [0.717, 1.165) is 19.5 Å². The van der Waals surface area contributed by atoms with Crippen LogP contribution < -0.4 is 5.73 Å². The van der Waals surface area contributed by atoms with Crippen LogP contribution in [-0.2, 0) is 6.54 Å². The summed E-state index contributed by atoms with van der Waals surface area (Å²) < 4.78 is 0. The summed E-state index contributed by atoms with van der Waals surface area (Å²) in [5.41, 5.74) is 10.2. The van der Waals surface area contributed by atoms with Gasteiger partial charge in [0.2, 0.25) is 0 Å². The third-order valence-corrected chi connectivity index (χ3v) is 4.17. The molecular formula is C16H22N2S. The van der Waals surface area contributed by atoms with E-state index in [2.05, 4.69) is 60.0 Å². The highest BCUT2D eigenvalue weighted by Crippen LogP contribution is 2.18. The quantitative estimate of drug-likeness (QED) is 0.872. The SMILES string of the molecule is Cc1ccccc1C(N)CCN(C)Cc1ccsc1. The fourth-order valence-electron chi connectivity index (χ4n) is 2.29. The molecule has 1 unspecified atom stereocenters. The van der Waals surface area contributed by atoms with Gasteiger partial charge in [-0.3, -0.25) is 0 Å². The van der Waals surface area contributed by atoms with E-state index in [1.807, 2.05) is 0 Å². The Morgan fingerprint density at radius 1 is 1.26 bits per heavy atom. The van der Waals surface area contributed by atoms with E-state index in [0.29, 0.717) is 0 Å². The van der Waals surface area contributed by atoms with E-state index in [9.17, 15) is 0 Å². The molecule has 0 bridgehead atoms. The second-order valence-electron chi connectivity index (χ2n) is 5.12. The van der Waals surface area contributed by atoms with E-state index in [1.54, 1.807) is 11.3 Å². The normalized spacial score (nSPS) is 12.8. The molecule has 0 saturated carbocycles. The maximum atomic E-state index is 6.29. The fourth-order valence-corrected chi connectivity index (χ4v) is 2.95. The van der Waals surface area contributed by atoms with Crippen molar-refractivity contribution in [2.24, 2.45) is 5.73 Å². The van der Waals surface area contributed by atoms with Crippen molar-refractivity contribution < 1.29 is 0 Å². The molecule has 1 heterocycles. The Morgan fingerprint density at radius 2 is 2.05 bits per heavy atom. The Hall–Kier alpha value is -1.16. The fraction of sp³-hybridized carbons (Fsp3) is 0.375. The molecule has 3 heteroatoms. The number of hydrogen-bond acceptors (Lipinski definition) is 3. The number of aryl methyl sites for hydroxylation is 1. The Bertz CT molecular complexity index is 493. The first-order chi connectivity index (χ1) is 9.16. The van der Waals surface area contributed by atoms with E-state index in [4.69, 9.17) is 5.73 Å². The summed E-state index contributed by atoms with van der Waals surface area (Å²) in [6.45, 7) is 4.15. The number of rotatable bonds is 6. The van der Waals surface area contributed by atoms with Gasteiger partial charge >= 0.3 is 0 Å². The third kappa shape index (κ3) is 4.16. The van der Waals surface area contributed by atoms with Crippen molar-refractivity contribution >= 4 is 11.3 Å². The molecule has 1 aromatic heterocycles. The summed E-state index contributed by atoms with van der Waals surface area (Å²) in [5.74, 6) is 0. The number of hydrogen-bond donors (Lipinski definition) is 1. The van der Waals surface area contributed by atoms with Crippen LogP contribution in [0.4, 0.5) is 0 Å². The monoisotopic (exact) mass is 274 g/mol. The Kier molecular flexibility index (Phi) is 5.14. The number of thiophene rings is 1. The molecule has 19 heavy (non-hydrogen) atoms. The molecule has 0 spiro atoms. The standard InChI is InChI=1S/C16H22N2S/c1-13-5-3-4-6-15(13)16(17)7-9-18(2)11-14-8-10-19-12-14/h3-6,8,10,12,16H,7,9,11,17H2,1-2H3. The van der Waals surface area contributed by atoms with Gasteiger partial charge in [-0.15, -0.1) is 0 Å². The lowest BCUT2D eigenvalue weighted by molar-refractivity contribution is 0.312. The molecule has 0 saturated heterocycles. The number of nitrogens with two attached hydrogens (primary N) is 1. The zero-order valence-electron chi connectivity index (χ0n) is 11.7. The van der Waals surface area contributed by atoms with Crippen LogP contribution in [0.1, 0.15) is 29.2 Å². The highest BCUT2D eigenvalue weighted by Gasteiger charge is 2.09. The smallest absolute Gasteiger partial charge is 0.0309 e. The van der Waals surface area contributed by atoms with Crippen LogP contribution in [0.15, 0.2) is 41.1 Å². The molecule has 0 aliphatic carbocycles. The van der Waals surface area contributed by atoms with Crippen molar-refractivity contribution in [1.82, 2.24) is 4.90 Å². The molecule has 0 aliphatic heterocycles. The van der Waals surface area contributed by atoms with Gasteiger partial charge < -0.3 is 10.6 Å². The Morgan fingerprint density at radius 3 is 2.74 bits per heavy atom. The first kappa shape index (κ1) is 14.3. The lowest BCUT2D eigenvalue weighted by atomic mass is 9.99. The predicted octanol–water partition coefficient (Wildman–Crippen LogP) is 3.58. The summed E-state index contributed by atoms with van der Waals surface area (Å²) in [6.07, 6.45) is 0.992. The highest BCUT2D eigenvalue weighted by atomic mass is 32.1. The van der Waals surface area contributed by atoms with Gasteiger partial charge in [0, 0.05) is 12.6 Å². The van der Waals surface area contributed by atoms with E-state index in [1.165, 1.54) is 16.7 Å². The minimum Gasteiger partial charge on any atom is -0.324 e. The molecule has 0 amide bonds. The van der Waals surface area contributed by atoms with E-state index >= 15 is 0 Å². The molecule has 0 radical (unpaired) electrons. The van der Waals surface area contributed by atoms with Crippen LogP contribution in [0, 0.1) is 6.92 Å². The van der Waals surface area contributed by atoms with Crippen molar-refractivity contribution in [3.63, 3.8) is 0 Å². The first-order valence-electron chi connectivity index (χ1n) is 6.67. The lowest BCUT2D eigenvalue weighted by Gasteiger charge is -2.20. The summed E-state index contributed by atoms with van der Waals surface area (Å²) in [7, 11) is 2.15. The Balaban J connectivity index is 1.83. The minimum absolute atomic E-state index is 0.131. The Labute approximate surface area is 119 Å². The van der Waals surface area contributed by atoms with Crippen LogP contribution in [0.3, 0.4) is 0 Å². The van der Waals surface area contributed by atoms with Gasteiger partial charge in [-0.25, -0.2) is 0 Å². The second kappa shape index (κ2) is 6.85. The molecule has 0 fully saturated rings. The summed E-state index contributed by atoms with van der Waals surface area (Å²) in [6, 6.07) is 10.7. The van der Waals surface area contributed by atoms with Crippen molar-refractivity contribution in [1.29, 1.82) is 0 Å². The van der Waals surface area contributed by atoms with Crippen LogP contribution in [0.5, 0.6) is 0 Å². The van der Waals surface area contributed by atoms with E-state index < -0.39 is 0 Å². The van der Waals surface area contributed by atoms with Crippen LogP contribution in [-0.4, -0.2) is 18.5 Å². The maximum Gasteiger partial charge on any atom is 0.0309 e. The molecule has 0 aliphatic rings. The van der Waals surface area contributed by atoms with Gasteiger partial charge in [0.1, 0.15) is 0 Å². The first-order valence-corrected chi connectivity index (χ1v) is 7.62. The summed E-state index contributed by atoms with van der Waals surface area (Å²) in [4.78, 5) is 2.33. The number of nitrogens with zero attached hydrogens (tertiary/aromatic N) is 1. The van der Waals surface area contributed by atoms with Crippen LogP contribution >= 0.6 is 11.3 Å². The molecule has 2 aromatic rings. The van der Waals surface area contributed by atoms with E-state index in [-0.39, 0.29) is 6.04 Å². The zero-order chi connectivity index (χ0) is 13.7. The van der Waals surface area contributed by atoms with Gasteiger partial charge in [0.25, 0.3) is 0 Å². The zero-order valence-corrected chi connectivity index (χ0v) is 12.5. The molecular weight excluding hydrogens is 252 g/mol. The maximum absolute atomic E-state index is 6.29. The molecule has 2 nitrogen and oxygen atoms in total. The molecule has 2 rings (SSSR count). The van der Waals surface area contributed by atoms with Crippen molar-refractivity contribution in [3.05, 3.63) is 57.8 Å². The summed E-state index contributed by atoms with van der Waals surface area (Å²) in [5, 5.41) is 4.33. The molecule has 1 aromatic carbocycles. The topological polar surface area (TPSA) is 29.3 Å². The van der Waals surface area contributed by atoms with Gasteiger partial charge in [0.05, 0.1) is 0 Å². The van der Waals surface area contributed by atoms with Gasteiger partial charge in [0.15, 0.2) is 0 Å². The largest absolute Gasteiger partial charge is 0.324 e. The van der Waals surface area contributed by atoms with Crippen LogP contribution in [0.2, 0.25) is 0 Å².